The largest absolute Gasteiger partial charge is 0.494 e. The van der Waals surface area contributed by atoms with Gasteiger partial charge in [0.2, 0.25) is 0 Å². The van der Waals surface area contributed by atoms with Gasteiger partial charge < -0.3 is 4.74 Å². The third-order valence-corrected chi connectivity index (χ3v) is 5.94. The van der Waals surface area contributed by atoms with Crippen molar-refractivity contribution >= 4 is 5.78 Å². The fraction of sp³-hybridized carbons (Fsp3) is 0.815. The van der Waals surface area contributed by atoms with Gasteiger partial charge in [0, 0.05) is 18.9 Å². The molecule has 2 nitrogen and oxygen atoms in total. The smallest absolute Gasteiger partial charge is 0.162 e. The van der Waals surface area contributed by atoms with Crippen molar-refractivity contribution in [2.45, 2.75) is 142 Å². The van der Waals surface area contributed by atoms with Crippen molar-refractivity contribution in [2.24, 2.45) is 0 Å². The summed E-state index contributed by atoms with van der Waals surface area (Å²) in [5.74, 6) is 0.961. The van der Waals surface area contributed by atoms with Crippen molar-refractivity contribution in [1.29, 1.82) is 0 Å². The number of ether oxygens (including phenoxy) is 1. The first kappa shape index (κ1) is 26.0. The molecule has 0 aromatic carbocycles. The van der Waals surface area contributed by atoms with E-state index in [0.717, 1.165) is 18.6 Å². The maximum atomic E-state index is 11.5. The van der Waals surface area contributed by atoms with Crippen LogP contribution in [0.3, 0.4) is 0 Å². The number of carbonyl (C=O) groups excluding carboxylic acids is 1. The highest BCUT2D eigenvalue weighted by Gasteiger charge is 2.18. The number of carbonyl (C=O) groups is 1. The van der Waals surface area contributed by atoms with E-state index < -0.39 is 0 Å². The molecule has 0 amide bonds. The Morgan fingerprint density at radius 1 is 0.793 bits per heavy atom. The van der Waals surface area contributed by atoms with Crippen molar-refractivity contribution in [3.8, 4) is 0 Å². The molecule has 2 heteroatoms. The average Bonchev–Trinajstić information content (AvgIpc) is 2.69. The molecule has 0 bridgehead atoms. The van der Waals surface area contributed by atoms with Crippen molar-refractivity contribution < 1.29 is 9.53 Å². The maximum Gasteiger partial charge on any atom is 0.162 e. The zero-order valence-corrected chi connectivity index (χ0v) is 19.6. The average molecular weight is 405 g/mol. The minimum Gasteiger partial charge on any atom is -0.494 e. The molecule has 168 valence electrons. The summed E-state index contributed by atoms with van der Waals surface area (Å²) >= 11 is 0. The Hall–Kier alpha value is -1.05. The lowest BCUT2D eigenvalue weighted by atomic mass is 10.0. The maximum absolute atomic E-state index is 11.5. The van der Waals surface area contributed by atoms with Crippen LogP contribution in [0.25, 0.3) is 0 Å². The summed E-state index contributed by atoms with van der Waals surface area (Å²) < 4.78 is 5.68. The van der Waals surface area contributed by atoms with Gasteiger partial charge in [0.15, 0.2) is 5.78 Å². The first-order chi connectivity index (χ1) is 14.2. The van der Waals surface area contributed by atoms with E-state index in [1.165, 1.54) is 103 Å². The normalized spacial score (nSPS) is 17.0. The molecule has 1 aliphatic heterocycles. The SMILES string of the molecule is CCCCCCCCCCCCCCCCCCC=CCC1CC(=O)C=C(C)O1. The van der Waals surface area contributed by atoms with Crippen LogP contribution in [0.2, 0.25) is 0 Å². The van der Waals surface area contributed by atoms with E-state index in [-0.39, 0.29) is 11.9 Å². The Morgan fingerprint density at radius 2 is 1.28 bits per heavy atom. The molecule has 0 spiro atoms. The zero-order chi connectivity index (χ0) is 21.0. The zero-order valence-electron chi connectivity index (χ0n) is 19.6. The molecule has 1 unspecified atom stereocenters. The van der Waals surface area contributed by atoms with Crippen LogP contribution in [0.4, 0.5) is 0 Å². The summed E-state index contributed by atoms with van der Waals surface area (Å²) in [6.07, 6.45) is 31.4. The van der Waals surface area contributed by atoms with E-state index in [4.69, 9.17) is 4.74 Å². The van der Waals surface area contributed by atoms with Gasteiger partial charge in [-0.2, -0.15) is 0 Å². The van der Waals surface area contributed by atoms with Crippen LogP contribution in [0, 0.1) is 0 Å². The van der Waals surface area contributed by atoms with E-state index in [2.05, 4.69) is 19.1 Å². The molecule has 0 saturated carbocycles. The van der Waals surface area contributed by atoms with Crippen LogP contribution in [0.15, 0.2) is 24.0 Å². The summed E-state index contributed by atoms with van der Waals surface area (Å²) in [6.45, 7) is 4.15. The minimum atomic E-state index is 0.0505. The first-order valence-corrected chi connectivity index (χ1v) is 12.7. The van der Waals surface area contributed by atoms with Gasteiger partial charge in [-0.15, -0.1) is 0 Å². The van der Waals surface area contributed by atoms with E-state index in [1.807, 2.05) is 6.92 Å². The van der Waals surface area contributed by atoms with Crippen LogP contribution in [0.1, 0.15) is 136 Å². The van der Waals surface area contributed by atoms with Crippen LogP contribution in [0.5, 0.6) is 0 Å². The van der Waals surface area contributed by atoms with E-state index in [0.29, 0.717) is 6.42 Å². The summed E-state index contributed by atoms with van der Waals surface area (Å²) in [5.41, 5.74) is 0. The minimum absolute atomic E-state index is 0.0505. The number of allylic oxidation sites excluding steroid dienone is 3. The Morgan fingerprint density at radius 3 is 1.76 bits per heavy atom. The second-order valence-electron chi connectivity index (χ2n) is 8.96. The number of ketones is 1. The molecule has 1 aliphatic rings. The predicted molar refractivity (Wildman–Crippen MR) is 126 cm³/mol. The first-order valence-electron chi connectivity index (χ1n) is 12.7. The Balaban J connectivity index is 1.76. The summed E-state index contributed by atoms with van der Waals surface area (Å²) in [7, 11) is 0. The van der Waals surface area contributed by atoms with Gasteiger partial charge in [-0.05, 0) is 19.8 Å². The number of rotatable bonds is 19. The van der Waals surface area contributed by atoms with Crippen molar-refractivity contribution in [3.05, 3.63) is 24.0 Å². The van der Waals surface area contributed by atoms with Crippen LogP contribution in [-0.4, -0.2) is 11.9 Å². The molecule has 0 aliphatic carbocycles. The quantitative estimate of drug-likeness (QED) is 0.159. The van der Waals surface area contributed by atoms with Gasteiger partial charge in [-0.25, -0.2) is 0 Å². The molecular formula is C27H48O2. The van der Waals surface area contributed by atoms with Gasteiger partial charge in [-0.3, -0.25) is 4.79 Å². The van der Waals surface area contributed by atoms with Gasteiger partial charge in [0.1, 0.15) is 6.10 Å². The predicted octanol–water partition coefficient (Wildman–Crippen LogP) is 8.85. The lowest BCUT2D eigenvalue weighted by molar-refractivity contribution is -0.118. The van der Waals surface area contributed by atoms with Crippen molar-refractivity contribution in [2.75, 3.05) is 0 Å². The highest BCUT2D eigenvalue weighted by molar-refractivity contribution is 5.91. The fourth-order valence-electron chi connectivity index (χ4n) is 4.16. The van der Waals surface area contributed by atoms with Crippen molar-refractivity contribution in [3.63, 3.8) is 0 Å². The topological polar surface area (TPSA) is 26.3 Å². The van der Waals surface area contributed by atoms with E-state index >= 15 is 0 Å². The second-order valence-corrected chi connectivity index (χ2v) is 8.96. The van der Waals surface area contributed by atoms with Crippen LogP contribution in [-0.2, 0) is 9.53 Å². The summed E-state index contributed by atoms with van der Waals surface area (Å²) in [5, 5.41) is 0. The van der Waals surface area contributed by atoms with Crippen LogP contribution >= 0.6 is 0 Å². The van der Waals surface area contributed by atoms with Gasteiger partial charge in [-0.1, -0.05) is 115 Å². The lowest BCUT2D eigenvalue weighted by Crippen LogP contribution is -2.20. The molecule has 0 saturated heterocycles. The molecule has 1 heterocycles. The molecular weight excluding hydrogens is 356 g/mol. The number of unbranched alkanes of at least 4 members (excludes halogenated alkanes) is 16. The number of hydrogen-bond acceptors (Lipinski definition) is 2. The van der Waals surface area contributed by atoms with Crippen molar-refractivity contribution in [1.82, 2.24) is 0 Å². The number of hydrogen-bond donors (Lipinski definition) is 0. The Labute approximate surface area is 181 Å². The van der Waals surface area contributed by atoms with Crippen LogP contribution < -0.4 is 0 Å². The van der Waals surface area contributed by atoms with Gasteiger partial charge in [0.05, 0.1) is 5.76 Å². The fourth-order valence-corrected chi connectivity index (χ4v) is 4.16. The lowest BCUT2D eigenvalue weighted by Gasteiger charge is -2.20. The molecule has 1 rings (SSSR count). The third-order valence-electron chi connectivity index (χ3n) is 5.94. The molecule has 0 fully saturated rings. The van der Waals surface area contributed by atoms with Gasteiger partial charge in [0.25, 0.3) is 0 Å². The second kappa shape index (κ2) is 18.9. The Kier molecular flexibility index (Phi) is 17.0. The summed E-state index contributed by atoms with van der Waals surface area (Å²) in [6, 6.07) is 0. The molecule has 0 N–H and O–H groups in total. The molecule has 0 aromatic rings. The van der Waals surface area contributed by atoms with E-state index in [9.17, 15) is 4.79 Å². The third kappa shape index (κ3) is 16.4. The highest BCUT2D eigenvalue weighted by Crippen LogP contribution is 2.17. The summed E-state index contributed by atoms with van der Waals surface area (Å²) in [4.78, 5) is 11.5. The standard InChI is InChI=1S/C27H48O2/c1-3-4-5-6-7-8-9-10-11-12-13-14-15-16-17-18-19-20-21-22-27-24-26(28)23-25(2)29-27/h20-21,23,27H,3-19,22,24H2,1-2H3. The molecule has 0 aromatic heterocycles. The molecule has 0 radical (unpaired) electrons. The van der Waals surface area contributed by atoms with Gasteiger partial charge >= 0.3 is 0 Å². The van der Waals surface area contributed by atoms with E-state index in [1.54, 1.807) is 6.08 Å². The Bertz CT molecular complexity index is 449. The molecule has 1 atom stereocenters. The molecule has 29 heavy (non-hydrogen) atoms. The monoisotopic (exact) mass is 404 g/mol. The highest BCUT2D eigenvalue weighted by atomic mass is 16.5.